The Morgan fingerprint density at radius 2 is 2.17 bits per heavy atom. The molecular formula is C16H19Cl2N3O2S. The second-order valence-corrected chi connectivity index (χ2v) is 5.93. The SMILES string of the molecule is Cl.Cl.O=C(Nc1cccc(OCc2ccccn2)c1)C1CSCN1. The van der Waals surface area contributed by atoms with Crippen molar-refractivity contribution in [3.63, 3.8) is 0 Å². The van der Waals surface area contributed by atoms with Crippen molar-refractivity contribution in [2.24, 2.45) is 0 Å². The molecule has 0 aliphatic carbocycles. The largest absolute Gasteiger partial charge is 0.487 e. The number of pyridine rings is 1. The van der Waals surface area contributed by atoms with Crippen LogP contribution in [0.4, 0.5) is 5.69 Å². The standard InChI is InChI=1S/C16H17N3O2S.2ClH/c20-16(15-10-22-11-18-15)19-12-5-3-6-14(8-12)21-9-13-4-1-2-7-17-13;;/h1-8,15,18H,9-11H2,(H,19,20);2*1H. The van der Waals surface area contributed by atoms with Crippen LogP contribution in [0.1, 0.15) is 5.69 Å². The van der Waals surface area contributed by atoms with E-state index in [1.807, 2.05) is 42.5 Å². The zero-order valence-corrected chi connectivity index (χ0v) is 15.3. The van der Waals surface area contributed by atoms with Gasteiger partial charge in [-0.2, -0.15) is 0 Å². The average Bonchev–Trinajstić information content (AvgIpc) is 3.09. The number of halogens is 2. The van der Waals surface area contributed by atoms with E-state index in [1.165, 1.54) is 0 Å². The van der Waals surface area contributed by atoms with Gasteiger partial charge >= 0.3 is 0 Å². The smallest absolute Gasteiger partial charge is 0.242 e. The molecule has 3 rings (SSSR count). The first-order chi connectivity index (χ1) is 10.8. The molecule has 5 nitrogen and oxygen atoms in total. The fraction of sp³-hybridized carbons (Fsp3) is 0.250. The van der Waals surface area contributed by atoms with E-state index in [1.54, 1.807) is 18.0 Å². The second-order valence-electron chi connectivity index (χ2n) is 4.90. The van der Waals surface area contributed by atoms with Gasteiger partial charge in [0.15, 0.2) is 0 Å². The topological polar surface area (TPSA) is 63.2 Å². The zero-order chi connectivity index (χ0) is 15.2. The molecule has 2 heterocycles. The minimum atomic E-state index is -0.122. The van der Waals surface area contributed by atoms with Gasteiger partial charge in [0.2, 0.25) is 5.91 Å². The number of rotatable bonds is 5. The lowest BCUT2D eigenvalue weighted by molar-refractivity contribution is -0.117. The van der Waals surface area contributed by atoms with E-state index >= 15 is 0 Å². The predicted octanol–water partition coefficient (Wildman–Crippen LogP) is 3.11. The number of amides is 1. The lowest BCUT2D eigenvalue weighted by Gasteiger charge is -2.12. The van der Waals surface area contributed by atoms with Gasteiger partial charge in [-0.25, -0.2) is 0 Å². The molecule has 0 bridgehead atoms. The fourth-order valence-corrected chi connectivity index (χ4v) is 3.04. The molecule has 1 fully saturated rings. The van der Waals surface area contributed by atoms with Gasteiger partial charge in [0, 0.05) is 29.6 Å². The van der Waals surface area contributed by atoms with Crippen LogP contribution in [-0.2, 0) is 11.4 Å². The van der Waals surface area contributed by atoms with E-state index in [-0.39, 0.29) is 36.8 Å². The average molecular weight is 388 g/mol. The van der Waals surface area contributed by atoms with Crippen LogP contribution in [0.3, 0.4) is 0 Å². The maximum absolute atomic E-state index is 12.1. The number of carbonyl (C=O) groups is 1. The van der Waals surface area contributed by atoms with Crippen molar-refractivity contribution in [2.45, 2.75) is 12.6 Å². The van der Waals surface area contributed by atoms with Crippen LogP contribution in [-0.4, -0.2) is 28.6 Å². The fourth-order valence-electron chi connectivity index (χ4n) is 2.10. The number of carbonyl (C=O) groups excluding carboxylic acids is 1. The Labute approximate surface area is 157 Å². The maximum Gasteiger partial charge on any atom is 0.242 e. The van der Waals surface area contributed by atoms with Crippen LogP contribution < -0.4 is 15.4 Å². The molecule has 0 saturated carbocycles. The van der Waals surface area contributed by atoms with Gasteiger partial charge in [-0.3, -0.25) is 15.1 Å². The quantitative estimate of drug-likeness (QED) is 0.824. The van der Waals surface area contributed by atoms with Crippen LogP contribution in [0.5, 0.6) is 5.75 Å². The number of anilines is 1. The highest BCUT2D eigenvalue weighted by Crippen LogP contribution is 2.19. The van der Waals surface area contributed by atoms with Crippen molar-refractivity contribution >= 4 is 48.2 Å². The first kappa shape index (κ1) is 20.6. The van der Waals surface area contributed by atoms with Crippen molar-refractivity contribution in [1.29, 1.82) is 0 Å². The van der Waals surface area contributed by atoms with Gasteiger partial charge in [0.1, 0.15) is 12.4 Å². The number of thioether (sulfide) groups is 1. The van der Waals surface area contributed by atoms with Gasteiger partial charge in [0.25, 0.3) is 0 Å². The summed E-state index contributed by atoms with van der Waals surface area (Å²) < 4.78 is 5.71. The van der Waals surface area contributed by atoms with Crippen LogP contribution in [0.25, 0.3) is 0 Å². The molecule has 1 saturated heterocycles. The summed E-state index contributed by atoms with van der Waals surface area (Å²) in [4.78, 5) is 16.3. The number of benzene rings is 1. The predicted molar refractivity (Wildman–Crippen MR) is 102 cm³/mol. The molecular weight excluding hydrogens is 369 g/mol. The summed E-state index contributed by atoms with van der Waals surface area (Å²) in [5, 5.41) is 6.06. The van der Waals surface area contributed by atoms with Crippen LogP contribution in [0.2, 0.25) is 0 Å². The third-order valence-corrected chi connectivity index (χ3v) is 4.19. The number of hydrogen-bond acceptors (Lipinski definition) is 5. The lowest BCUT2D eigenvalue weighted by atomic mass is 10.2. The molecule has 1 aliphatic heterocycles. The highest BCUT2D eigenvalue weighted by atomic mass is 35.5. The van der Waals surface area contributed by atoms with Crippen molar-refractivity contribution < 1.29 is 9.53 Å². The van der Waals surface area contributed by atoms with E-state index in [9.17, 15) is 4.79 Å². The van der Waals surface area contributed by atoms with Crippen molar-refractivity contribution in [1.82, 2.24) is 10.3 Å². The molecule has 8 heteroatoms. The first-order valence-electron chi connectivity index (χ1n) is 7.06. The molecule has 0 spiro atoms. The highest BCUT2D eigenvalue weighted by Gasteiger charge is 2.22. The summed E-state index contributed by atoms with van der Waals surface area (Å²) in [6.45, 7) is 0.402. The van der Waals surface area contributed by atoms with Gasteiger partial charge < -0.3 is 10.1 Å². The Morgan fingerprint density at radius 3 is 2.88 bits per heavy atom. The summed E-state index contributed by atoms with van der Waals surface area (Å²) in [5.74, 6) is 2.33. The highest BCUT2D eigenvalue weighted by molar-refractivity contribution is 7.99. The number of hydrogen-bond donors (Lipinski definition) is 2. The molecule has 1 unspecified atom stereocenters. The number of nitrogens with zero attached hydrogens (tertiary/aromatic N) is 1. The van der Waals surface area contributed by atoms with Gasteiger partial charge in [-0.05, 0) is 24.3 Å². The molecule has 1 amide bonds. The summed E-state index contributed by atoms with van der Waals surface area (Å²) >= 11 is 1.73. The van der Waals surface area contributed by atoms with Gasteiger partial charge in [0.05, 0.1) is 11.7 Å². The maximum atomic E-state index is 12.1. The minimum Gasteiger partial charge on any atom is -0.487 e. The molecule has 0 radical (unpaired) electrons. The Hall–Kier alpha value is -1.47. The summed E-state index contributed by atoms with van der Waals surface area (Å²) in [7, 11) is 0. The molecule has 24 heavy (non-hydrogen) atoms. The molecule has 2 aromatic rings. The Bertz CT molecular complexity index is 640. The van der Waals surface area contributed by atoms with Crippen molar-refractivity contribution in [3.05, 3.63) is 54.4 Å². The summed E-state index contributed by atoms with van der Waals surface area (Å²) in [6, 6.07) is 13.0. The summed E-state index contributed by atoms with van der Waals surface area (Å²) in [5.41, 5.74) is 1.60. The third-order valence-electron chi connectivity index (χ3n) is 3.25. The number of aromatic nitrogens is 1. The molecule has 1 aromatic carbocycles. The van der Waals surface area contributed by atoms with Crippen molar-refractivity contribution in [3.8, 4) is 5.75 Å². The molecule has 1 aromatic heterocycles. The van der Waals surface area contributed by atoms with E-state index in [4.69, 9.17) is 4.74 Å². The summed E-state index contributed by atoms with van der Waals surface area (Å²) in [6.07, 6.45) is 1.74. The Balaban J connectivity index is 0.00000144. The Kier molecular flexibility index (Phi) is 8.92. The van der Waals surface area contributed by atoms with E-state index in [2.05, 4.69) is 15.6 Å². The third kappa shape index (κ3) is 5.87. The number of nitrogens with one attached hydrogen (secondary N) is 2. The first-order valence-corrected chi connectivity index (χ1v) is 8.21. The molecule has 2 N–H and O–H groups in total. The van der Waals surface area contributed by atoms with Crippen LogP contribution in [0, 0.1) is 0 Å². The van der Waals surface area contributed by atoms with Gasteiger partial charge in [-0.15, -0.1) is 36.6 Å². The van der Waals surface area contributed by atoms with Gasteiger partial charge in [-0.1, -0.05) is 12.1 Å². The van der Waals surface area contributed by atoms with Crippen molar-refractivity contribution in [2.75, 3.05) is 16.9 Å². The monoisotopic (exact) mass is 387 g/mol. The van der Waals surface area contributed by atoms with Crippen LogP contribution >= 0.6 is 36.6 Å². The molecule has 1 aliphatic rings. The van der Waals surface area contributed by atoms with E-state index < -0.39 is 0 Å². The van der Waals surface area contributed by atoms with E-state index in [0.29, 0.717) is 12.4 Å². The number of ether oxygens (including phenoxy) is 1. The minimum absolute atomic E-state index is 0. The normalized spacial score (nSPS) is 15.8. The van der Waals surface area contributed by atoms with E-state index in [0.717, 1.165) is 23.0 Å². The second kappa shape index (κ2) is 10.4. The molecule has 1 atom stereocenters. The lowest BCUT2D eigenvalue weighted by Crippen LogP contribution is -2.37. The molecule has 130 valence electrons. The Morgan fingerprint density at radius 1 is 1.29 bits per heavy atom. The zero-order valence-electron chi connectivity index (χ0n) is 12.8. The van der Waals surface area contributed by atoms with Crippen LogP contribution in [0.15, 0.2) is 48.7 Å².